The Morgan fingerprint density at radius 3 is 2.68 bits per heavy atom. The van der Waals surface area contributed by atoms with Crippen LogP contribution in [0.4, 0.5) is 5.82 Å². The standard InChI is InChI=1S/C13H13BrN4O/c1-8(9-3-2-4-10(14)7-9)16-12-6-5-11(13(15)19)17-18-12/h2-8H,1H3,(H2,15,19)(H,16,18). The van der Waals surface area contributed by atoms with Gasteiger partial charge in [0.2, 0.25) is 0 Å². The zero-order valence-corrected chi connectivity index (χ0v) is 11.9. The van der Waals surface area contributed by atoms with E-state index in [1.807, 2.05) is 31.2 Å². The molecule has 98 valence electrons. The van der Waals surface area contributed by atoms with Crippen molar-refractivity contribution in [2.45, 2.75) is 13.0 Å². The number of nitrogens with two attached hydrogens (primary N) is 1. The second kappa shape index (κ2) is 5.79. The van der Waals surface area contributed by atoms with Crippen molar-refractivity contribution in [3.05, 3.63) is 52.1 Å². The third-order valence-corrected chi connectivity index (χ3v) is 3.12. The Kier molecular flexibility index (Phi) is 4.11. The van der Waals surface area contributed by atoms with Gasteiger partial charge >= 0.3 is 0 Å². The van der Waals surface area contributed by atoms with E-state index in [0.717, 1.165) is 10.0 Å². The highest BCUT2D eigenvalue weighted by Gasteiger charge is 2.08. The minimum absolute atomic E-state index is 0.0752. The number of amides is 1. The van der Waals surface area contributed by atoms with Crippen LogP contribution in [0.2, 0.25) is 0 Å². The van der Waals surface area contributed by atoms with Crippen molar-refractivity contribution in [3.63, 3.8) is 0 Å². The Hall–Kier alpha value is -1.95. The predicted octanol–water partition coefficient (Wildman–Crippen LogP) is 2.51. The van der Waals surface area contributed by atoms with Gasteiger partial charge in [0, 0.05) is 4.47 Å². The van der Waals surface area contributed by atoms with Gasteiger partial charge < -0.3 is 11.1 Å². The Morgan fingerprint density at radius 2 is 2.11 bits per heavy atom. The summed E-state index contributed by atoms with van der Waals surface area (Å²) in [5, 5.41) is 10.9. The molecule has 2 aromatic rings. The lowest BCUT2D eigenvalue weighted by atomic mass is 10.1. The quantitative estimate of drug-likeness (QED) is 0.907. The number of carbonyl (C=O) groups excluding carboxylic acids is 1. The second-order valence-corrected chi connectivity index (χ2v) is 5.00. The molecule has 6 heteroatoms. The fourth-order valence-electron chi connectivity index (χ4n) is 1.62. The van der Waals surface area contributed by atoms with E-state index >= 15 is 0 Å². The number of hydrogen-bond acceptors (Lipinski definition) is 4. The molecule has 0 aliphatic rings. The molecular weight excluding hydrogens is 308 g/mol. The number of aromatic nitrogens is 2. The molecule has 0 saturated carbocycles. The van der Waals surface area contributed by atoms with Crippen molar-refractivity contribution in [3.8, 4) is 0 Å². The van der Waals surface area contributed by atoms with Crippen molar-refractivity contribution in [1.29, 1.82) is 0 Å². The van der Waals surface area contributed by atoms with Crippen LogP contribution in [0.3, 0.4) is 0 Å². The molecule has 0 bridgehead atoms. The van der Waals surface area contributed by atoms with Crippen molar-refractivity contribution >= 4 is 27.7 Å². The van der Waals surface area contributed by atoms with Gasteiger partial charge in [-0.15, -0.1) is 10.2 Å². The van der Waals surface area contributed by atoms with E-state index in [2.05, 4.69) is 31.4 Å². The number of benzene rings is 1. The number of rotatable bonds is 4. The maximum Gasteiger partial charge on any atom is 0.269 e. The van der Waals surface area contributed by atoms with E-state index in [4.69, 9.17) is 5.73 Å². The molecule has 1 aromatic heterocycles. The highest BCUT2D eigenvalue weighted by Crippen LogP contribution is 2.20. The molecule has 1 atom stereocenters. The number of primary amides is 1. The molecule has 1 unspecified atom stereocenters. The normalized spacial score (nSPS) is 11.9. The first kappa shape index (κ1) is 13.5. The fraction of sp³-hybridized carbons (Fsp3) is 0.154. The highest BCUT2D eigenvalue weighted by atomic mass is 79.9. The summed E-state index contributed by atoms with van der Waals surface area (Å²) in [4.78, 5) is 10.9. The van der Waals surface area contributed by atoms with Gasteiger partial charge in [0.05, 0.1) is 6.04 Å². The molecule has 2 rings (SSSR count). The molecular formula is C13H13BrN4O. The Balaban J connectivity index is 2.10. The lowest BCUT2D eigenvalue weighted by Crippen LogP contribution is -2.15. The predicted molar refractivity (Wildman–Crippen MR) is 76.7 cm³/mol. The van der Waals surface area contributed by atoms with Gasteiger partial charge in [0.15, 0.2) is 5.69 Å². The van der Waals surface area contributed by atoms with E-state index in [9.17, 15) is 4.79 Å². The molecule has 0 saturated heterocycles. The van der Waals surface area contributed by atoms with Crippen LogP contribution in [0.15, 0.2) is 40.9 Å². The highest BCUT2D eigenvalue weighted by molar-refractivity contribution is 9.10. The van der Waals surface area contributed by atoms with Crippen LogP contribution in [0.25, 0.3) is 0 Å². The molecule has 3 N–H and O–H groups in total. The van der Waals surface area contributed by atoms with Gasteiger partial charge in [-0.1, -0.05) is 28.1 Å². The molecule has 5 nitrogen and oxygen atoms in total. The summed E-state index contributed by atoms with van der Waals surface area (Å²) in [5.74, 6) is 0.0107. The van der Waals surface area contributed by atoms with Crippen LogP contribution in [0.1, 0.15) is 29.0 Å². The van der Waals surface area contributed by atoms with E-state index in [1.165, 1.54) is 0 Å². The molecule has 0 aliphatic heterocycles. The largest absolute Gasteiger partial charge is 0.364 e. The van der Waals surface area contributed by atoms with Crippen molar-refractivity contribution in [2.24, 2.45) is 5.73 Å². The van der Waals surface area contributed by atoms with Gasteiger partial charge in [-0.2, -0.15) is 0 Å². The summed E-state index contributed by atoms with van der Waals surface area (Å²) < 4.78 is 1.02. The monoisotopic (exact) mass is 320 g/mol. The minimum Gasteiger partial charge on any atom is -0.364 e. The number of carbonyl (C=O) groups is 1. The first-order valence-corrected chi connectivity index (χ1v) is 6.51. The molecule has 1 amide bonds. The lowest BCUT2D eigenvalue weighted by Gasteiger charge is -2.14. The summed E-state index contributed by atoms with van der Waals surface area (Å²) >= 11 is 3.43. The first-order valence-electron chi connectivity index (χ1n) is 5.72. The van der Waals surface area contributed by atoms with Crippen LogP contribution in [-0.2, 0) is 0 Å². The van der Waals surface area contributed by atoms with E-state index in [-0.39, 0.29) is 11.7 Å². The number of nitrogens with one attached hydrogen (secondary N) is 1. The summed E-state index contributed by atoms with van der Waals surface area (Å²) in [5.41, 5.74) is 6.38. The third-order valence-electron chi connectivity index (χ3n) is 2.63. The SMILES string of the molecule is CC(Nc1ccc(C(N)=O)nn1)c1cccc(Br)c1. The molecule has 0 fully saturated rings. The number of nitrogens with zero attached hydrogens (tertiary/aromatic N) is 2. The molecule has 0 spiro atoms. The topological polar surface area (TPSA) is 80.9 Å². The summed E-state index contributed by atoms with van der Waals surface area (Å²) in [6, 6.07) is 11.3. The minimum atomic E-state index is -0.584. The van der Waals surface area contributed by atoms with Crippen molar-refractivity contribution in [2.75, 3.05) is 5.32 Å². The van der Waals surface area contributed by atoms with Gasteiger partial charge in [0.25, 0.3) is 5.91 Å². The zero-order chi connectivity index (χ0) is 13.8. The Bertz CT molecular complexity index is 585. The lowest BCUT2D eigenvalue weighted by molar-refractivity contribution is 0.0994. The van der Waals surface area contributed by atoms with Crippen LogP contribution >= 0.6 is 15.9 Å². The summed E-state index contributed by atoms with van der Waals surface area (Å²) in [7, 11) is 0. The van der Waals surface area contributed by atoms with Crippen LogP contribution < -0.4 is 11.1 Å². The van der Waals surface area contributed by atoms with E-state index < -0.39 is 5.91 Å². The molecule has 1 aromatic carbocycles. The number of anilines is 1. The zero-order valence-electron chi connectivity index (χ0n) is 10.3. The van der Waals surface area contributed by atoms with Crippen LogP contribution in [0, 0.1) is 0 Å². The van der Waals surface area contributed by atoms with Gasteiger partial charge in [0.1, 0.15) is 5.82 Å². The first-order chi connectivity index (χ1) is 9.06. The maximum absolute atomic E-state index is 10.9. The second-order valence-electron chi connectivity index (χ2n) is 4.09. The van der Waals surface area contributed by atoms with Crippen LogP contribution in [-0.4, -0.2) is 16.1 Å². The van der Waals surface area contributed by atoms with Crippen LogP contribution in [0.5, 0.6) is 0 Å². The Morgan fingerprint density at radius 1 is 1.32 bits per heavy atom. The van der Waals surface area contributed by atoms with Crippen molar-refractivity contribution < 1.29 is 4.79 Å². The maximum atomic E-state index is 10.9. The van der Waals surface area contributed by atoms with Gasteiger partial charge in [-0.25, -0.2) is 0 Å². The van der Waals surface area contributed by atoms with E-state index in [1.54, 1.807) is 12.1 Å². The molecule has 0 aliphatic carbocycles. The molecule has 0 radical (unpaired) electrons. The molecule has 19 heavy (non-hydrogen) atoms. The third kappa shape index (κ3) is 3.51. The smallest absolute Gasteiger partial charge is 0.269 e. The molecule has 1 heterocycles. The van der Waals surface area contributed by atoms with Gasteiger partial charge in [-0.05, 0) is 36.8 Å². The number of hydrogen-bond donors (Lipinski definition) is 2. The Labute approximate surface area is 119 Å². The van der Waals surface area contributed by atoms with E-state index in [0.29, 0.717) is 5.82 Å². The van der Waals surface area contributed by atoms with Gasteiger partial charge in [-0.3, -0.25) is 4.79 Å². The van der Waals surface area contributed by atoms with Crippen molar-refractivity contribution in [1.82, 2.24) is 10.2 Å². The average Bonchev–Trinajstić information content (AvgIpc) is 2.39. The summed E-state index contributed by atoms with van der Waals surface area (Å²) in [6.07, 6.45) is 0. The summed E-state index contributed by atoms with van der Waals surface area (Å²) in [6.45, 7) is 2.02. The average molecular weight is 321 g/mol. The fourth-order valence-corrected chi connectivity index (χ4v) is 2.04. The number of halogens is 1.